The molecule has 0 saturated carbocycles. The average Bonchev–Trinajstić information content (AvgIpc) is 2.41. The number of nitrogens with one attached hydrogen (secondary N) is 1. The topological polar surface area (TPSA) is 50.9 Å². The van der Waals surface area contributed by atoms with Crippen molar-refractivity contribution in [3.63, 3.8) is 0 Å². The number of halogens is 2. The molecule has 1 aromatic heterocycles. The fourth-order valence-corrected chi connectivity index (χ4v) is 2.47. The second kappa shape index (κ2) is 6.88. The van der Waals surface area contributed by atoms with Gasteiger partial charge in [0.2, 0.25) is 0 Å². The summed E-state index contributed by atoms with van der Waals surface area (Å²) in [5.74, 6) is 0. The van der Waals surface area contributed by atoms with E-state index < -0.39 is 0 Å². The Labute approximate surface area is 133 Å². The molecule has 3 nitrogen and oxygen atoms in total. The van der Waals surface area contributed by atoms with Crippen LogP contribution in [0.2, 0.25) is 10.0 Å². The summed E-state index contributed by atoms with van der Waals surface area (Å²) in [4.78, 5) is 4.44. The van der Waals surface area contributed by atoms with Crippen molar-refractivity contribution < 1.29 is 0 Å². The average molecular weight is 326 g/mol. The Morgan fingerprint density at radius 2 is 2.10 bits per heavy atom. The third kappa shape index (κ3) is 3.82. The van der Waals surface area contributed by atoms with Crippen LogP contribution in [0.1, 0.15) is 11.3 Å². The van der Waals surface area contributed by atoms with Gasteiger partial charge in [0.1, 0.15) is 10.7 Å². The summed E-state index contributed by atoms with van der Waals surface area (Å²) in [5.41, 5.74) is 8.09. The fourth-order valence-electron chi connectivity index (χ4n) is 1.80. The van der Waals surface area contributed by atoms with Crippen LogP contribution in [0.3, 0.4) is 0 Å². The minimum atomic E-state index is 0.276. The Hall–Kier alpha value is -1.36. The zero-order chi connectivity index (χ0) is 14.5. The summed E-state index contributed by atoms with van der Waals surface area (Å²) in [6, 6.07) is 9.21. The number of aromatic nitrogens is 1. The van der Waals surface area contributed by atoms with Gasteiger partial charge in [0, 0.05) is 22.8 Å². The Morgan fingerprint density at radius 3 is 2.80 bits per heavy atom. The van der Waals surface area contributed by atoms with E-state index in [2.05, 4.69) is 10.3 Å². The van der Waals surface area contributed by atoms with Crippen LogP contribution in [0.15, 0.2) is 36.5 Å². The van der Waals surface area contributed by atoms with E-state index in [0.29, 0.717) is 22.3 Å². The molecule has 1 heterocycles. The molecule has 0 aliphatic heterocycles. The number of nitrogens with two attached hydrogens (primary N) is 1. The Morgan fingerprint density at radius 1 is 1.30 bits per heavy atom. The van der Waals surface area contributed by atoms with Gasteiger partial charge in [-0.05, 0) is 36.2 Å². The molecule has 0 aliphatic carbocycles. The maximum Gasteiger partial charge on any atom is 0.124 e. The van der Waals surface area contributed by atoms with E-state index in [-0.39, 0.29) is 4.99 Å². The molecule has 0 unspecified atom stereocenters. The standard InChI is InChI=1S/C14H13Cl2N3S/c15-10-4-3-9(11(16)8-10)5-7-18-12-2-1-6-19-13(12)14(17)20/h1-4,6,8,18H,5,7H2,(H2,17,20). The maximum absolute atomic E-state index is 6.13. The van der Waals surface area contributed by atoms with Crippen LogP contribution in [0.5, 0.6) is 0 Å². The van der Waals surface area contributed by atoms with E-state index in [9.17, 15) is 0 Å². The summed E-state index contributed by atoms with van der Waals surface area (Å²) in [5, 5.41) is 4.56. The summed E-state index contributed by atoms with van der Waals surface area (Å²) in [7, 11) is 0. The molecule has 0 spiro atoms. The highest BCUT2D eigenvalue weighted by Crippen LogP contribution is 2.21. The first-order chi connectivity index (χ1) is 9.58. The molecule has 0 atom stereocenters. The van der Waals surface area contributed by atoms with Crippen LogP contribution in [-0.4, -0.2) is 16.5 Å². The van der Waals surface area contributed by atoms with Gasteiger partial charge < -0.3 is 11.1 Å². The van der Waals surface area contributed by atoms with Crippen molar-refractivity contribution in [1.82, 2.24) is 4.98 Å². The molecule has 104 valence electrons. The van der Waals surface area contributed by atoms with Crippen LogP contribution in [-0.2, 0) is 6.42 Å². The van der Waals surface area contributed by atoms with E-state index in [4.69, 9.17) is 41.2 Å². The number of anilines is 1. The van der Waals surface area contributed by atoms with Gasteiger partial charge in [-0.2, -0.15) is 0 Å². The minimum absolute atomic E-state index is 0.276. The van der Waals surface area contributed by atoms with Crippen molar-refractivity contribution in [2.75, 3.05) is 11.9 Å². The number of benzene rings is 1. The molecule has 3 N–H and O–H groups in total. The Balaban J connectivity index is 2.01. The van der Waals surface area contributed by atoms with Gasteiger partial charge in [-0.25, -0.2) is 0 Å². The first-order valence-electron chi connectivity index (χ1n) is 6.00. The van der Waals surface area contributed by atoms with Gasteiger partial charge in [-0.3, -0.25) is 4.98 Å². The zero-order valence-electron chi connectivity index (χ0n) is 10.6. The molecule has 2 rings (SSSR count). The lowest BCUT2D eigenvalue weighted by Crippen LogP contribution is -2.16. The quantitative estimate of drug-likeness (QED) is 0.823. The van der Waals surface area contributed by atoms with Crippen molar-refractivity contribution >= 4 is 46.1 Å². The van der Waals surface area contributed by atoms with E-state index >= 15 is 0 Å². The molecule has 1 aromatic carbocycles. The Bertz CT molecular complexity index is 632. The van der Waals surface area contributed by atoms with Gasteiger partial charge in [0.25, 0.3) is 0 Å². The minimum Gasteiger partial charge on any atom is -0.388 e. The van der Waals surface area contributed by atoms with Crippen molar-refractivity contribution in [1.29, 1.82) is 0 Å². The molecule has 6 heteroatoms. The van der Waals surface area contributed by atoms with Gasteiger partial charge in [-0.1, -0.05) is 41.5 Å². The van der Waals surface area contributed by atoms with Gasteiger partial charge in [0.15, 0.2) is 0 Å². The van der Waals surface area contributed by atoms with Crippen molar-refractivity contribution in [2.45, 2.75) is 6.42 Å². The highest BCUT2D eigenvalue weighted by Gasteiger charge is 2.06. The lowest BCUT2D eigenvalue weighted by atomic mass is 10.1. The largest absolute Gasteiger partial charge is 0.388 e. The van der Waals surface area contributed by atoms with Gasteiger partial charge in [-0.15, -0.1) is 0 Å². The fraction of sp³-hybridized carbons (Fsp3) is 0.143. The zero-order valence-corrected chi connectivity index (χ0v) is 12.9. The number of hydrogen-bond donors (Lipinski definition) is 2. The van der Waals surface area contributed by atoms with Crippen LogP contribution < -0.4 is 11.1 Å². The molecular formula is C14H13Cl2N3S. The van der Waals surface area contributed by atoms with Crippen LogP contribution in [0.4, 0.5) is 5.69 Å². The smallest absolute Gasteiger partial charge is 0.124 e. The molecule has 20 heavy (non-hydrogen) atoms. The number of rotatable bonds is 5. The summed E-state index contributed by atoms with van der Waals surface area (Å²) < 4.78 is 0. The van der Waals surface area contributed by atoms with Crippen LogP contribution in [0, 0.1) is 0 Å². The molecule has 2 aromatic rings. The van der Waals surface area contributed by atoms with Gasteiger partial charge in [0.05, 0.1) is 5.69 Å². The lowest BCUT2D eigenvalue weighted by Gasteiger charge is -2.10. The van der Waals surface area contributed by atoms with Crippen LogP contribution >= 0.6 is 35.4 Å². The predicted octanol–water partition coefficient (Wildman–Crippen LogP) is 3.68. The van der Waals surface area contributed by atoms with Crippen molar-refractivity contribution in [3.8, 4) is 0 Å². The molecule has 0 fully saturated rings. The first kappa shape index (κ1) is 15.0. The second-order valence-electron chi connectivity index (χ2n) is 4.18. The van der Waals surface area contributed by atoms with E-state index in [0.717, 1.165) is 17.7 Å². The monoisotopic (exact) mass is 325 g/mol. The lowest BCUT2D eigenvalue weighted by molar-refractivity contribution is 1.02. The van der Waals surface area contributed by atoms with Crippen molar-refractivity contribution in [3.05, 3.63) is 57.8 Å². The van der Waals surface area contributed by atoms with Gasteiger partial charge >= 0.3 is 0 Å². The summed E-state index contributed by atoms with van der Waals surface area (Å²) in [6.45, 7) is 0.697. The summed E-state index contributed by atoms with van der Waals surface area (Å²) in [6.07, 6.45) is 2.43. The van der Waals surface area contributed by atoms with E-state index in [1.54, 1.807) is 12.3 Å². The number of nitrogens with zero attached hydrogens (tertiary/aromatic N) is 1. The van der Waals surface area contributed by atoms with E-state index in [1.165, 1.54) is 0 Å². The molecule has 0 saturated heterocycles. The molecule has 0 aliphatic rings. The molecule has 0 amide bonds. The first-order valence-corrected chi connectivity index (χ1v) is 7.17. The highest BCUT2D eigenvalue weighted by atomic mass is 35.5. The summed E-state index contributed by atoms with van der Waals surface area (Å²) >= 11 is 17.0. The maximum atomic E-state index is 6.13. The third-order valence-electron chi connectivity index (χ3n) is 2.77. The van der Waals surface area contributed by atoms with Crippen molar-refractivity contribution in [2.24, 2.45) is 5.73 Å². The number of hydrogen-bond acceptors (Lipinski definition) is 3. The SMILES string of the molecule is NC(=S)c1ncccc1NCCc1ccc(Cl)cc1Cl. The predicted molar refractivity (Wildman–Crippen MR) is 88.8 cm³/mol. The van der Waals surface area contributed by atoms with Crippen LogP contribution in [0.25, 0.3) is 0 Å². The number of thiocarbonyl (C=S) groups is 1. The highest BCUT2D eigenvalue weighted by molar-refractivity contribution is 7.80. The molecule has 0 bridgehead atoms. The van der Waals surface area contributed by atoms with E-state index in [1.807, 2.05) is 24.3 Å². The number of pyridine rings is 1. The molecular weight excluding hydrogens is 313 g/mol. The molecule has 0 radical (unpaired) electrons. The third-order valence-corrected chi connectivity index (χ3v) is 3.55. The normalized spacial score (nSPS) is 10.3. The Kier molecular flexibility index (Phi) is 5.17. The second-order valence-corrected chi connectivity index (χ2v) is 5.46.